The van der Waals surface area contributed by atoms with Crippen molar-refractivity contribution < 1.29 is 33.3 Å². The predicted molar refractivity (Wildman–Crippen MR) is 120 cm³/mol. The van der Waals surface area contributed by atoms with Crippen LogP contribution in [0.1, 0.15) is 25.0 Å². The molecule has 0 unspecified atom stereocenters. The summed E-state index contributed by atoms with van der Waals surface area (Å²) in [6.45, 7) is 4.84. The minimum atomic E-state index is -0.494. The number of hydrogen-bond donors (Lipinski definition) is 1. The predicted octanol–water partition coefficient (Wildman–Crippen LogP) is 2.95. The third-order valence-corrected chi connectivity index (χ3v) is 4.50. The Morgan fingerprint density at radius 1 is 0.812 bits per heavy atom. The molecule has 2 rings (SSSR count). The summed E-state index contributed by atoms with van der Waals surface area (Å²) in [5, 5.41) is 2.74. The van der Waals surface area contributed by atoms with Gasteiger partial charge < -0.3 is 29.0 Å². The molecule has 0 radical (unpaired) electrons. The smallest absolute Gasteiger partial charge is 0.310 e. The Morgan fingerprint density at radius 2 is 1.44 bits per heavy atom. The molecule has 174 valence electrons. The van der Waals surface area contributed by atoms with Crippen LogP contribution in [0.4, 0.5) is 0 Å². The Hall–Kier alpha value is -3.42. The molecule has 1 amide bonds. The lowest BCUT2D eigenvalue weighted by Gasteiger charge is -2.12. The van der Waals surface area contributed by atoms with Crippen molar-refractivity contribution in [3.8, 4) is 23.0 Å². The average molecular weight is 446 g/mol. The summed E-state index contributed by atoms with van der Waals surface area (Å²) in [5.74, 6) is 1.63. The molecule has 0 heterocycles. The van der Waals surface area contributed by atoms with Crippen LogP contribution in [0, 0.1) is 0 Å². The Kier molecular flexibility index (Phi) is 10.2. The van der Waals surface area contributed by atoms with Crippen molar-refractivity contribution in [3.63, 3.8) is 0 Å². The molecule has 0 spiro atoms. The van der Waals surface area contributed by atoms with E-state index in [1.165, 1.54) is 0 Å². The molecular weight excluding hydrogens is 414 g/mol. The first kappa shape index (κ1) is 24.8. The zero-order valence-corrected chi connectivity index (χ0v) is 19.1. The zero-order valence-electron chi connectivity index (χ0n) is 19.1. The van der Waals surface area contributed by atoms with Crippen LogP contribution in [0.15, 0.2) is 36.4 Å². The molecule has 2 aromatic carbocycles. The van der Waals surface area contributed by atoms with E-state index in [9.17, 15) is 9.59 Å². The number of benzene rings is 2. The fourth-order valence-electron chi connectivity index (χ4n) is 3.00. The van der Waals surface area contributed by atoms with E-state index in [2.05, 4.69) is 5.32 Å². The SMILES string of the molecule is CCOc1ccc(CC(=O)OCC(=O)NCCc2ccc(OC)c(OC)c2)cc1OCC. The number of amides is 1. The Labute approximate surface area is 188 Å². The van der Waals surface area contributed by atoms with Crippen molar-refractivity contribution in [2.45, 2.75) is 26.7 Å². The minimum absolute atomic E-state index is 0.0331. The summed E-state index contributed by atoms with van der Waals surface area (Å²) in [6, 6.07) is 10.9. The summed E-state index contributed by atoms with van der Waals surface area (Å²) in [5.41, 5.74) is 1.70. The molecule has 0 fully saturated rings. The second-order valence-corrected chi connectivity index (χ2v) is 6.77. The highest BCUT2D eigenvalue weighted by atomic mass is 16.5. The fourth-order valence-corrected chi connectivity index (χ4v) is 3.00. The van der Waals surface area contributed by atoms with Crippen LogP contribution in [-0.4, -0.2) is 52.5 Å². The number of hydrogen-bond acceptors (Lipinski definition) is 7. The maximum Gasteiger partial charge on any atom is 0.310 e. The first-order valence-corrected chi connectivity index (χ1v) is 10.5. The van der Waals surface area contributed by atoms with E-state index >= 15 is 0 Å². The fraction of sp³-hybridized carbons (Fsp3) is 0.417. The number of nitrogens with one attached hydrogen (secondary N) is 1. The van der Waals surface area contributed by atoms with Crippen LogP contribution in [0.3, 0.4) is 0 Å². The first-order chi connectivity index (χ1) is 15.5. The molecule has 0 atom stereocenters. The number of carbonyl (C=O) groups excluding carboxylic acids is 2. The maximum absolute atomic E-state index is 12.1. The van der Waals surface area contributed by atoms with Gasteiger partial charge in [0.05, 0.1) is 33.9 Å². The molecule has 2 aromatic rings. The van der Waals surface area contributed by atoms with Crippen LogP contribution in [0.2, 0.25) is 0 Å². The van der Waals surface area contributed by atoms with Crippen LogP contribution in [0.25, 0.3) is 0 Å². The molecule has 0 aliphatic heterocycles. The van der Waals surface area contributed by atoms with E-state index in [0.29, 0.717) is 49.2 Å². The summed E-state index contributed by atoms with van der Waals surface area (Å²) >= 11 is 0. The molecule has 0 aliphatic rings. The van der Waals surface area contributed by atoms with E-state index in [1.54, 1.807) is 32.4 Å². The number of methoxy groups -OCH3 is 2. The molecule has 0 bridgehead atoms. The van der Waals surface area contributed by atoms with Gasteiger partial charge in [0.1, 0.15) is 0 Å². The summed E-state index contributed by atoms with van der Waals surface area (Å²) in [4.78, 5) is 24.1. The number of ether oxygens (including phenoxy) is 5. The first-order valence-electron chi connectivity index (χ1n) is 10.5. The van der Waals surface area contributed by atoms with Gasteiger partial charge in [-0.25, -0.2) is 0 Å². The van der Waals surface area contributed by atoms with Crippen LogP contribution < -0.4 is 24.3 Å². The molecule has 1 N–H and O–H groups in total. The molecule has 8 heteroatoms. The molecule has 0 aliphatic carbocycles. The number of esters is 1. The van der Waals surface area contributed by atoms with Crippen molar-refractivity contribution in [1.82, 2.24) is 5.32 Å². The standard InChI is InChI=1S/C24H31NO7/c1-5-30-20-10-8-18(14-22(20)31-6-2)15-24(27)32-16-23(26)25-12-11-17-7-9-19(28-3)21(13-17)29-4/h7-10,13-14H,5-6,11-12,15-16H2,1-4H3,(H,25,26). The minimum Gasteiger partial charge on any atom is -0.493 e. The van der Waals surface area contributed by atoms with Gasteiger partial charge in [-0.2, -0.15) is 0 Å². The second-order valence-electron chi connectivity index (χ2n) is 6.77. The second kappa shape index (κ2) is 13.1. The van der Waals surface area contributed by atoms with Gasteiger partial charge in [-0.3, -0.25) is 9.59 Å². The van der Waals surface area contributed by atoms with E-state index in [-0.39, 0.29) is 18.9 Å². The lowest BCUT2D eigenvalue weighted by Crippen LogP contribution is -2.30. The van der Waals surface area contributed by atoms with Gasteiger partial charge in [0.15, 0.2) is 29.6 Å². The highest BCUT2D eigenvalue weighted by Gasteiger charge is 2.12. The van der Waals surface area contributed by atoms with Crippen LogP contribution >= 0.6 is 0 Å². The third-order valence-electron chi connectivity index (χ3n) is 4.50. The molecular formula is C24H31NO7. The monoisotopic (exact) mass is 445 g/mol. The van der Waals surface area contributed by atoms with Gasteiger partial charge in [0.25, 0.3) is 5.91 Å². The van der Waals surface area contributed by atoms with Crippen molar-refractivity contribution >= 4 is 11.9 Å². The normalized spacial score (nSPS) is 10.2. The highest BCUT2D eigenvalue weighted by Crippen LogP contribution is 2.29. The number of carbonyl (C=O) groups is 2. The van der Waals surface area contributed by atoms with Gasteiger partial charge in [-0.15, -0.1) is 0 Å². The Bertz CT molecular complexity index is 898. The molecule has 0 saturated carbocycles. The van der Waals surface area contributed by atoms with Crippen molar-refractivity contribution in [2.75, 3.05) is 40.6 Å². The van der Waals surface area contributed by atoms with E-state index in [0.717, 1.165) is 11.1 Å². The van der Waals surface area contributed by atoms with Gasteiger partial charge in [0.2, 0.25) is 0 Å². The lowest BCUT2D eigenvalue weighted by molar-refractivity contribution is -0.147. The topological polar surface area (TPSA) is 92.3 Å². The molecule has 0 aromatic heterocycles. The summed E-state index contributed by atoms with van der Waals surface area (Å²) < 4.78 is 26.7. The largest absolute Gasteiger partial charge is 0.493 e. The van der Waals surface area contributed by atoms with Crippen molar-refractivity contribution in [3.05, 3.63) is 47.5 Å². The quantitative estimate of drug-likeness (QED) is 0.474. The van der Waals surface area contributed by atoms with E-state index < -0.39 is 5.97 Å². The third kappa shape index (κ3) is 7.68. The van der Waals surface area contributed by atoms with Gasteiger partial charge in [-0.1, -0.05) is 12.1 Å². The number of rotatable bonds is 13. The van der Waals surface area contributed by atoms with E-state index in [1.807, 2.05) is 32.0 Å². The summed E-state index contributed by atoms with van der Waals surface area (Å²) in [6.07, 6.45) is 0.637. The van der Waals surface area contributed by atoms with Crippen molar-refractivity contribution in [1.29, 1.82) is 0 Å². The molecule has 8 nitrogen and oxygen atoms in total. The lowest BCUT2D eigenvalue weighted by atomic mass is 10.1. The van der Waals surface area contributed by atoms with Crippen LogP contribution in [-0.2, 0) is 27.2 Å². The van der Waals surface area contributed by atoms with Gasteiger partial charge in [0, 0.05) is 6.54 Å². The molecule has 0 saturated heterocycles. The van der Waals surface area contributed by atoms with Crippen molar-refractivity contribution in [2.24, 2.45) is 0 Å². The molecule has 32 heavy (non-hydrogen) atoms. The van der Waals surface area contributed by atoms with Gasteiger partial charge in [-0.05, 0) is 55.7 Å². The Morgan fingerprint density at radius 3 is 2.12 bits per heavy atom. The van der Waals surface area contributed by atoms with Gasteiger partial charge >= 0.3 is 5.97 Å². The van der Waals surface area contributed by atoms with Crippen LogP contribution in [0.5, 0.6) is 23.0 Å². The Balaban J connectivity index is 1.77. The average Bonchev–Trinajstić information content (AvgIpc) is 2.79. The maximum atomic E-state index is 12.1. The highest BCUT2D eigenvalue weighted by molar-refractivity contribution is 5.81. The van der Waals surface area contributed by atoms with E-state index in [4.69, 9.17) is 23.7 Å². The zero-order chi connectivity index (χ0) is 23.3. The summed E-state index contributed by atoms with van der Waals surface area (Å²) in [7, 11) is 3.15.